The highest BCUT2D eigenvalue weighted by atomic mass is 19.4. The molecule has 6 rings (SSSR count). The highest BCUT2D eigenvalue weighted by Gasteiger charge is 2.36. The van der Waals surface area contributed by atoms with Crippen molar-refractivity contribution < 1.29 is 31.9 Å². The van der Waals surface area contributed by atoms with Crippen molar-refractivity contribution in [2.24, 2.45) is 12.0 Å². The van der Waals surface area contributed by atoms with Gasteiger partial charge in [-0.1, -0.05) is 36.4 Å². The van der Waals surface area contributed by atoms with Crippen molar-refractivity contribution in [3.63, 3.8) is 0 Å². The van der Waals surface area contributed by atoms with Crippen LogP contribution in [0.3, 0.4) is 0 Å². The number of ether oxygens (including phenoxy) is 1. The van der Waals surface area contributed by atoms with E-state index in [1.54, 1.807) is 6.07 Å². The summed E-state index contributed by atoms with van der Waals surface area (Å²) in [6.45, 7) is 5.37. The molecule has 10 nitrogen and oxygen atoms in total. The summed E-state index contributed by atoms with van der Waals surface area (Å²) in [4.78, 5) is 36.6. The molecule has 268 valence electrons. The molecular formula is C37H39F4N7O3. The van der Waals surface area contributed by atoms with Crippen molar-refractivity contribution in [3.8, 4) is 22.8 Å². The topological polar surface area (TPSA) is 114 Å². The first-order chi connectivity index (χ1) is 24.5. The van der Waals surface area contributed by atoms with E-state index in [4.69, 9.17) is 4.74 Å². The Bertz CT molecular complexity index is 1880. The number of benzene rings is 2. The van der Waals surface area contributed by atoms with Crippen molar-refractivity contribution in [2.45, 2.75) is 50.7 Å². The third-order valence-electron chi connectivity index (χ3n) is 9.09. The van der Waals surface area contributed by atoms with E-state index in [2.05, 4.69) is 54.9 Å². The first kappa shape index (κ1) is 35.9. The maximum absolute atomic E-state index is 14.3. The molecule has 4 aromatic rings. The number of piperazine rings is 1. The van der Waals surface area contributed by atoms with Gasteiger partial charge in [-0.25, -0.2) is 14.4 Å². The number of amides is 2. The highest BCUT2D eigenvalue weighted by Crippen LogP contribution is 2.31. The molecule has 2 fully saturated rings. The van der Waals surface area contributed by atoms with E-state index < -0.39 is 29.5 Å². The molecule has 3 heterocycles. The molecule has 0 radical (unpaired) electrons. The molecule has 0 bridgehead atoms. The van der Waals surface area contributed by atoms with Gasteiger partial charge in [0.1, 0.15) is 22.8 Å². The number of alkyl halides is 3. The second-order valence-corrected chi connectivity index (χ2v) is 12.8. The van der Waals surface area contributed by atoms with Gasteiger partial charge in [-0.3, -0.25) is 14.3 Å². The zero-order chi connectivity index (χ0) is 36.0. The van der Waals surface area contributed by atoms with Crippen LogP contribution in [0, 0.1) is 5.82 Å². The number of carbonyl (C=O) groups excluding carboxylic acids is 2. The second kappa shape index (κ2) is 15.9. The van der Waals surface area contributed by atoms with E-state index in [1.165, 1.54) is 5.56 Å². The number of nitrogens with zero attached hydrogens (tertiary/aromatic N) is 5. The van der Waals surface area contributed by atoms with E-state index in [0.29, 0.717) is 47.9 Å². The number of hydrogen-bond acceptors (Lipinski definition) is 7. The minimum atomic E-state index is -4.63. The molecule has 51 heavy (non-hydrogen) atoms. The number of halogens is 4. The minimum Gasteiger partial charge on any atom is -0.438 e. The van der Waals surface area contributed by atoms with Crippen LogP contribution in [-0.2, 0) is 19.6 Å². The van der Waals surface area contributed by atoms with Crippen LogP contribution in [0.25, 0.3) is 11.1 Å². The van der Waals surface area contributed by atoms with Crippen LogP contribution in [0.2, 0.25) is 0 Å². The van der Waals surface area contributed by atoms with Crippen LogP contribution >= 0.6 is 0 Å². The van der Waals surface area contributed by atoms with Crippen molar-refractivity contribution in [2.75, 3.05) is 32.7 Å². The number of carbonyl (C=O) groups is 2. The fraction of sp³-hybridized carbons (Fsp3) is 0.378. The predicted molar refractivity (Wildman–Crippen MR) is 183 cm³/mol. The fourth-order valence-corrected chi connectivity index (χ4v) is 6.33. The van der Waals surface area contributed by atoms with Crippen LogP contribution in [0.5, 0.6) is 11.6 Å². The van der Waals surface area contributed by atoms with E-state index >= 15 is 0 Å². The largest absolute Gasteiger partial charge is 0.438 e. The van der Waals surface area contributed by atoms with Crippen molar-refractivity contribution in [1.82, 2.24) is 30.3 Å². The molecule has 0 atom stereocenters. The Morgan fingerprint density at radius 2 is 1.76 bits per heavy atom. The molecule has 1 aliphatic carbocycles. The summed E-state index contributed by atoms with van der Waals surface area (Å²) in [7, 11) is 1.12. The van der Waals surface area contributed by atoms with Gasteiger partial charge in [0.25, 0.3) is 11.8 Å². The fourth-order valence-electron chi connectivity index (χ4n) is 6.33. The van der Waals surface area contributed by atoms with Crippen LogP contribution in [-0.4, -0.2) is 76.0 Å². The number of nitrogens with one attached hydrogen (secondary N) is 2. The summed E-state index contributed by atoms with van der Waals surface area (Å²) in [6, 6.07) is 17.1. The second-order valence-electron chi connectivity index (χ2n) is 12.8. The lowest BCUT2D eigenvalue weighted by Crippen LogP contribution is -2.43. The maximum atomic E-state index is 14.3. The summed E-state index contributed by atoms with van der Waals surface area (Å²) in [5.41, 5.74) is 2.23. The molecule has 0 unspecified atom stereocenters. The van der Waals surface area contributed by atoms with Gasteiger partial charge in [0.05, 0.1) is 6.20 Å². The summed E-state index contributed by atoms with van der Waals surface area (Å²) >= 11 is 0. The normalized spacial score (nSPS) is 16.9. The Labute approximate surface area is 292 Å². The van der Waals surface area contributed by atoms with Crippen molar-refractivity contribution >= 4 is 17.5 Å². The Balaban J connectivity index is 1.05. The van der Waals surface area contributed by atoms with Crippen molar-refractivity contribution in [3.05, 3.63) is 95.2 Å². The molecule has 2 aliphatic rings. The van der Waals surface area contributed by atoms with Gasteiger partial charge in [0.2, 0.25) is 5.88 Å². The van der Waals surface area contributed by atoms with Gasteiger partial charge in [-0.05, 0) is 80.0 Å². The lowest BCUT2D eigenvalue weighted by atomic mass is 9.93. The smallest absolute Gasteiger partial charge is 0.433 e. The van der Waals surface area contributed by atoms with Crippen LogP contribution in [0.4, 0.5) is 17.6 Å². The van der Waals surface area contributed by atoms with E-state index in [0.717, 1.165) is 76.0 Å². The molecule has 2 aromatic carbocycles. The first-order valence-electron chi connectivity index (χ1n) is 17.0. The minimum absolute atomic E-state index is 0.0859. The summed E-state index contributed by atoms with van der Waals surface area (Å²) in [5.74, 6) is -1.82. The SMILES string of the molecule is Cn1nc(C(=O)NC2CCC(=NC(=O)c3cc(F)cnc3Oc3cccc(-c4ccc(CCCN5CCNCC5)cc4)c3)CC2)cc1C(F)(F)F. The third kappa shape index (κ3) is 9.44. The maximum Gasteiger partial charge on any atom is 0.433 e. The Kier molecular flexibility index (Phi) is 11.2. The number of rotatable bonds is 10. The van der Waals surface area contributed by atoms with Crippen LogP contribution in [0.1, 0.15) is 64.2 Å². The van der Waals surface area contributed by atoms with Gasteiger partial charge >= 0.3 is 6.18 Å². The monoisotopic (exact) mass is 705 g/mol. The predicted octanol–water partition coefficient (Wildman–Crippen LogP) is 6.22. The van der Waals surface area contributed by atoms with E-state index in [1.807, 2.05) is 18.2 Å². The highest BCUT2D eigenvalue weighted by molar-refractivity contribution is 6.05. The number of aliphatic imine (C=N–C) groups is 1. The lowest BCUT2D eigenvalue weighted by molar-refractivity contribution is -0.143. The summed E-state index contributed by atoms with van der Waals surface area (Å²) < 4.78 is 60.2. The molecule has 1 saturated carbocycles. The standard InChI is InChI=1S/C37H39F4N7O3/c1-47-33(37(39,40)41)22-32(46-47)35(50)45-29-13-11-28(12-14-29)44-34(49)31-21-27(38)23-43-36(31)51-30-6-2-5-26(20-30)25-9-7-24(8-10-25)4-3-17-48-18-15-42-16-19-48/h2,5-10,20-23,29,42H,3-4,11-19H2,1H3,(H,45,50). The van der Waals surface area contributed by atoms with Gasteiger partial charge in [0.15, 0.2) is 5.69 Å². The van der Waals surface area contributed by atoms with Crippen molar-refractivity contribution in [1.29, 1.82) is 0 Å². The van der Waals surface area contributed by atoms with Gasteiger partial charge in [0, 0.05) is 51.0 Å². The average Bonchev–Trinajstić information content (AvgIpc) is 3.53. The van der Waals surface area contributed by atoms with Crippen LogP contribution < -0.4 is 15.4 Å². The number of hydrogen-bond donors (Lipinski definition) is 2. The van der Waals surface area contributed by atoms with Crippen LogP contribution in [0.15, 0.2) is 71.9 Å². The Hall–Kier alpha value is -4.95. The lowest BCUT2D eigenvalue weighted by Gasteiger charge is -2.27. The molecule has 1 aliphatic heterocycles. The Morgan fingerprint density at radius 1 is 1.02 bits per heavy atom. The number of aryl methyl sites for hydroxylation is 2. The average molecular weight is 706 g/mol. The first-order valence-corrected chi connectivity index (χ1v) is 17.0. The Morgan fingerprint density at radius 3 is 2.47 bits per heavy atom. The summed E-state index contributed by atoms with van der Waals surface area (Å²) in [6.07, 6.45) is -0.0430. The molecule has 0 spiro atoms. The molecule has 1 saturated heterocycles. The number of pyridine rings is 1. The third-order valence-corrected chi connectivity index (χ3v) is 9.09. The molecule has 14 heteroatoms. The van der Waals surface area contributed by atoms with E-state index in [9.17, 15) is 27.2 Å². The van der Waals surface area contributed by atoms with Gasteiger partial charge in [-0.15, -0.1) is 0 Å². The molecular weight excluding hydrogens is 666 g/mol. The number of aromatic nitrogens is 3. The quantitative estimate of drug-likeness (QED) is 0.188. The molecule has 2 N–H and O–H groups in total. The van der Waals surface area contributed by atoms with Gasteiger partial charge < -0.3 is 20.3 Å². The molecule has 2 amide bonds. The zero-order valence-electron chi connectivity index (χ0n) is 28.2. The zero-order valence-corrected chi connectivity index (χ0v) is 28.2. The summed E-state index contributed by atoms with van der Waals surface area (Å²) in [5, 5.41) is 9.77. The van der Waals surface area contributed by atoms with E-state index in [-0.39, 0.29) is 23.2 Å². The molecule has 2 aromatic heterocycles. The van der Waals surface area contributed by atoms with Gasteiger partial charge in [-0.2, -0.15) is 18.3 Å².